The monoisotopic (exact) mass is 320 g/mol. The average Bonchev–Trinajstić information content (AvgIpc) is 2.97. The van der Waals surface area contributed by atoms with Gasteiger partial charge in [0.1, 0.15) is 11.5 Å². The van der Waals surface area contributed by atoms with E-state index in [-0.39, 0.29) is 11.8 Å². The molecule has 0 atom stereocenters. The molecule has 0 bridgehead atoms. The molecule has 0 radical (unpaired) electrons. The van der Waals surface area contributed by atoms with E-state index in [2.05, 4.69) is 0 Å². The van der Waals surface area contributed by atoms with Crippen LogP contribution in [0.4, 0.5) is 0 Å². The van der Waals surface area contributed by atoms with Crippen molar-refractivity contribution in [2.75, 3.05) is 40.9 Å². The van der Waals surface area contributed by atoms with Crippen LogP contribution in [0.25, 0.3) is 0 Å². The molecule has 0 spiro atoms. The van der Waals surface area contributed by atoms with Crippen LogP contribution in [-0.2, 0) is 4.79 Å². The largest absolute Gasteiger partial charge is 0.496 e. The van der Waals surface area contributed by atoms with Crippen molar-refractivity contribution in [1.29, 1.82) is 0 Å². The molecule has 126 valence electrons. The van der Waals surface area contributed by atoms with Crippen molar-refractivity contribution < 1.29 is 19.1 Å². The number of carbonyl (C=O) groups excluding carboxylic acids is 2. The van der Waals surface area contributed by atoms with Crippen molar-refractivity contribution in [2.45, 2.75) is 19.8 Å². The quantitative estimate of drug-likeness (QED) is 0.800. The number of benzene rings is 1. The Balaban J connectivity index is 2.08. The Labute approximate surface area is 137 Å². The summed E-state index contributed by atoms with van der Waals surface area (Å²) in [4.78, 5) is 27.6. The molecule has 1 aliphatic rings. The van der Waals surface area contributed by atoms with Crippen LogP contribution in [0.5, 0.6) is 11.5 Å². The second-order valence-corrected chi connectivity index (χ2v) is 5.72. The van der Waals surface area contributed by atoms with E-state index in [0.29, 0.717) is 36.6 Å². The highest BCUT2D eigenvalue weighted by Crippen LogP contribution is 2.29. The molecule has 1 aliphatic heterocycles. The van der Waals surface area contributed by atoms with Crippen LogP contribution in [0, 0.1) is 6.92 Å². The fourth-order valence-corrected chi connectivity index (χ4v) is 2.74. The van der Waals surface area contributed by atoms with Gasteiger partial charge in [0.15, 0.2) is 0 Å². The van der Waals surface area contributed by atoms with Crippen LogP contribution < -0.4 is 9.47 Å². The van der Waals surface area contributed by atoms with Gasteiger partial charge < -0.3 is 19.3 Å². The number of ether oxygens (including phenoxy) is 2. The van der Waals surface area contributed by atoms with Gasteiger partial charge in [-0.3, -0.25) is 9.59 Å². The van der Waals surface area contributed by atoms with Crippen LogP contribution in [0.1, 0.15) is 28.8 Å². The van der Waals surface area contributed by atoms with E-state index < -0.39 is 0 Å². The second-order valence-electron chi connectivity index (χ2n) is 5.72. The maximum Gasteiger partial charge on any atom is 0.253 e. The molecule has 23 heavy (non-hydrogen) atoms. The third-order valence-electron chi connectivity index (χ3n) is 4.22. The van der Waals surface area contributed by atoms with Gasteiger partial charge in [0, 0.05) is 44.2 Å². The smallest absolute Gasteiger partial charge is 0.253 e. The number of nitrogens with zero attached hydrogens (tertiary/aromatic N) is 2. The van der Waals surface area contributed by atoms with Gasteiger partial charge in [-0.15, -0.1) is 0 Å². The Morgan fingerprint density at radius 3 is 2.35 bits per heavy atom. The first kappa shape index (κ1) is 17.1. The first-order valence-corrected chi connectivity index (χ1v) is 7.73. The van der Waals surface area contributed by atoms with Gasteiger partial charge in [-0.1, -0.05) is 0 Å². The van der Waals surface area contributed by atoms with Crippen LogP contribution in [-0.4, -0.2) is 62.5 Å². The molecular formula is C17H24N2O4. The molecule has 1 aromatic carbocycles. The summed E-state index contributed by atoms with van der Waals surface area (Å²) in [7, 11) is 4.87. The van der Waals surface area contributed by atoms with Crippen LogP contribution in [0.15, 0.2) is 12.1 Å². The highest BCUT2D eigenvalue weighted by atomic mass is 16.5. The maximum absolute atomic E-state index is 12.6. The summed E-state index contributed by atoms with van der Waals surface area (Å²) in [5, 5.41) is 0. The number of hydrogen-bond acceptors (Lipinski definition) is 4. The topological polar surface area (TPSA) is 59.1 Å². The van der Waals surface area contributed by atoms with E-state index in [1.54, 1.807) is 43.2 Å². The predicted molar refractivity (Wildman–Crippen MR) is 87.1 cm³/mol. The molecular weight excluding hydrogens is 296 g/mol. The summed E-state index contributed by atoms with van der Waals surface area (Å²) in [5.41, 5.74) is 1.37. The van der Waals surface area contributed by atoms with E-state index in [1.807, 2.05) is 6.92 Å². The predicted octanol–water partition coefficient (Wildman–Crippen LogP) is 1.71. The Kier molecular flexibility index (Phi) is 5.47. The van der Waals surface area contributed by atoms with E-state index >= 15 is 0 Å². The molecule has 1 fully saturated rings. The molecule has 2 amide bonds. The molecule has 6 heteroatoms. The van der Waals surface area contributed by atoms with Gasteiger partial charge in [-0.2, -0.15) is 0 Å². The third kappa shape index (κ3) is 3.75. The van der Waals surface area contributed by atoms with Gasteiger partial charge in [0.25, 0.3) is 5.91 Å². The Bertz CT molecular complexity index is 575. The number of rotatable bonds is 6. The SMILES string of the molecule is COc1cc(C(=O)N(C)CCN2CCCC2=O)cc(OC)c1C. The fourth-order valence-electron chi connectivity index (χ4n) is 2.74. The first-order valence-electron chi connectivity index (χ1n) is 7.73. The van der Waals surface area contributed by atoms with Gasteiger partial charge in [0.05, 0.1) is 14.2 Å². The lowest BCUT2D eigenvalue weighted by Crippen LogP contribution is -2.36. The zero-order chi connectivity index (χ0) is 17.0. The molecule has 2 rings (SSSR count). The standard InChI is InChI=1S/C17H24N2O4/c1-12-14(22-3)10-13(11-15(12)23-4)17(21)18(2)8-9-19-7-5-6-16(19)20/h10-11H,5-9H2,1-4H3. The summed E-state index contributed by atoms with van der Waals surface area (Å²) in [5.74, 6) is 1.30. The van der Waals surface area contributed by atoms with Crippen molar-refractivity contribution in [2.24, 2.45) is 0 Å². The first-order chi connectivity index (χ1) is 11.0. The zero-order valence-electron chi connectivity index (χ0n) is 14.2. The number of hydrogen-bond donors (Lipinski definition) is 0. The fraction of sp³-hybridized carbons (Fsp3) is 0.529. The van der Waals surface area contributed by atoms with Gasteiger partial charge >= 0.3 is 0 Å². The van der Waals surface area contributed by atoms with Crippen LogP contribution in [0.3, 0.4) is 0 Å². The van der Waals surface area contributed by atoms with Crippen molar-refractivity contribution in [3.05, 3.63) is 23.3 Å². The summed E-state index contributed by atoms with van der Waals surface area (Å²) in [6, 6.07) is 3.44. The zero-order valence-corrected chi connectivity index (χ0v) is 14.2. The number of likely N-dealkylation sites (N-methyl/N-ethyl adjacent to an activating group) is 1. The van der Waals surface area contributed by atoms with E-state index in [4.69, 9.17) is 9.47 Å². The minimum absolute atomic E-state index is 0.117. The number of likely N-dealkylation sites (tertiary alicyclic amines) is 1. The average molecular weight is 320 g/mol. The van der Waals surface area contributed by atoms with Crippen LogP contribution in [0.2, 0.25) is 0 Å². The van der Waals surface area contributed by atoms with E-state index in [1.165, 1.54) is 0 Å². The minimum atomic E-state index is -0.117. The Morgan fingerprint density at radius 1 is 1.26 bits per heavy atom. The molecule has 0 saturated carbocycles. The van der Waals surface area contributed by atoms with E-state index in [0.717, 1.165) is 18.5 Å². The summed E-state index contributed by atoms with van der Waals surface area (Å²) >= 11 is 0. The maximum atomic E-state index is 12.6. The van der Waals surface area contributed by atoms with Gasteiger partial charge in [-0.25, -0.2) is 0 Å². The lowest BCUT2D eigenvalue weighted by molar-refractivity contribution is -0.127. The Hall–Kier alpha value is -2.24. The summed E-state index contributed by atoms with van der Waals surface area (Å²) in [6.45, 7) is 3.74. The van der Waals surface area contributed by atoms with Gasteiger partial charge in [0.2, 0.25) is 5.91 Å². The molecule has 1 aromatic rings. The van der Waals surface area contributed by atoms with E-state index in [9.17, 15) is 9.59 Å². The van der Waals surface area contributed by atoms with Gasteiger partial charge in [-0.05, 0) is 25.5 Å². The highest BCUT2D eigenvalue weighted by Gasteiger charge is 2.22. The summed E-state index contributed by atoms with van der Waals surface area (Å²) in [6.07, 6.45) is 1.52. The number of amides is 2. The molecule has 0 aromatic heterocycles. The molecule has 0 aliphatic carbocycles. The third-order valence-corrected chi connectivity index (χ3v) is 4.22. The molecule has 1 heterocycles. The lowest BCUT2D eigenvalue weighted by Gasteiger charge is -2.22. The number of carbonyl (C=O) groups is 2. The molecule has 1 saturated heterocycles. The molecule has 0 unspecified atom stereocenters. The van der Waals surface area contributed by atoms with Crippen molar-refractivity contribution in [3.8, 4) is 11.5 Å². The van der Waals surface area contributed by atoms with Crippen molar-refractivity contribution >= 4 is 11.8 Å². The van der Waals surface area contributed by atoms with Crippen molar-refractivity contribution in [3.63, 3.8) is 0 Å². The second kappa shape index (κ2) is 7.35. The number of methoxy groups -OCH3 is 2. The highest BCUT2D eigenvalue weighted by molar-refractivity contribution is 5.95. The molecule has 0 N–H and O–H groups in total. The Morgan fingerprint density at radius 2 is 1.87 bits per heavy atom. The summed E-state index contributed by atoms with van der Waals surface area (Å²) < 4.78 is 10.6. The minimum Gasteiger partial charge on any atom is -0.496 e. The van der Waals surface area contributed by atoms with Crippen LogP contribution >= 0.6 is 0 Å². The lowest BCUT2D eigenvalue weighted by atomic mass is 10.1. The normalized spacial score (nSPS) is 14.1. The molecule has 6 nitrogen and oxygen atoms in total. The van der Waals surface area contributed by atoms with Crippen molar-refractivity contribution in [1.82, 2.24) is 9.80 Å².